The molecule has 0 N–H and O–H groups in total. The average Bonchev–Trinajstić information content (AvgIpc) is 3.82. The molecule has 0 atom stereocenters. The summed E-state index contributed by atoms with van der Waals surface area (Å²) < 4.78 is 8.47. The van der Waals surface area contributed by atoms with Crippen LogP contribution in [0.3, 0.4) is 0 Å². The summed E-state index contributed by atoms with van der Waals surface area (Å²) in [4.78, 5) is 15.7. The number of nitrogens with zero attached hydrogens (tertiary/aromatic N) is 4. The van der Waals surface area contributed by atoms with Gasteiger partial charge in [-0.25, -0.2) is 4.98 Å². The maximum Gasteiger partial charge on any atom is 0.238 e. The molecule has 0 bridgehead atoms. The number of furan rings is 1. The molecule has 0 saturated carbocycles. The van der Waals surface area contributed by atoms with Crippen molar-refractivity contribution in [3.63, 3.8) is 0 Å². The van der Waals surface area contributed by atoms with Gasteiger partial charge in [-0.3, -0.25) is 4.57 Å². The first-order valence-corrected chi connectivity index (χ1v) is 18.8. The molecule has 3 heterocycles. The molecule has 0 aliphatic carbocycles. The number of benzene rings is 8. The second kappa shape index (κ2) is 13.0. The van der Waals surface area contributed by atoms with Gasteiger partial charge in [-0.05, 0) is 69.8 Å². The van der Waals surface area contributed by atoms with Gasteiger partial charge >= 0.3 is 0 Å². The van der Waals surface area contributed by atoms with E-state index in [0.29, 0.717) is 17.6 Å². The van der Waals surface area contributed by atoms with Crippen molar-refractivity contribution >= 4 is 43.7 Å². The fourth-order valence-electron chi connectivity index (χ4n) is 7.90. The standard InChI is InChI=1S/C51H32N4O/c1-3-12-33(13-4-1)35-22-24-36(25-23-35)49-52-50(40-17-11-16-37(30-40)34-14-5-2-6-15-34)54-51(53-49)55-45-20-9-7-18-41(45)42-28-26-38(31-46(42)55)39-27-29-44-43-19-8-10-21-47(43)56-48(44)32-39/h1-32H. The Balaban J connectivity index is 1.11. The van der Waals surface area contributed by atoms with Gasteiger partial charge in [-0.2, -0.15) is 9.97 Å². The maximum absolute atomic E-state index is 6.29. The van der Waals surface area contributed by atoms with Crippen LogP contribution in [0, 0.1) is 0 Å². The molecule has 8 aromatic carbocycles. The zero-order valence-electron chi connectivity index (χ0n) is 30.2. The van der Waals surface area contributed by atoms with Crippen molar-refractivity contribution in [2.24, 2.45) is 0 Å². The van der Waals surface area contributed by atoms with E-state index in [2.05, 4.69) is 174 Å². The molecule has 0 aliphatic rings. The molecule has 0 saturated heterocycles. The lowest BCUT2D eigenvalue weighted by molar-refractivity contribution is 0.669. The molecule has 0 unspecified atom stereocenters. The van der Waals surface area contributed by atoms with Crippen molar-refractivity contribution in [2.75, 3.05) is 0 Å². The number of para-hydroxylation sites is 2. The summed E-state index contributed by atoms with van der Waals surface area (Å²) >= 11 is 0. The summed E-state index contributed by atoms with van der Waals surface area (Å²) in [5.41, 5.74) is 12.3. The first-order chi connectivity index (χ1) is 27.7. The minimum Gasteiger partial charge on any atom is -0.456 e. The first-order valence-electron chi connectivity index (χ1n) is 18.8. The molecular weight excluding hydrogens is 685 g/mol. The molecule has 0 spiro atoms. The molecule has 0 aliphatic heterocycles. The third kappa shape index (κ3) is 5.45. The van der Waals surface area contributed by atoms with Gasteiger partial charge in [0.25, 0.3) is 0 Å². The molecule has 0 fully saturated rings. The molecule has 5 nitrogen and oxygen atoms in total. The van der Waals surface area contributed by atoms with E-state index in [-0.39, 0.29) is 0 Å². The van der Waals surface area contributed by atoms with Crippen LogP contribution in [0.15, 0.2) is 199 Å². The first kappa shape index (κ1) is 31.9. The van der Waals surface area contributed by atoms with E-state index in [1.165, 1.54) is 0 Å². The summed E-state index contributed by atoms with van der Waals surface area (Å²) in [7, 11) is 0. The van der Waals surface area contributed by atoms with E-state index in [4.69, 9.17) is 19.4 Å². The number of fused-ring (bicyclic) bond motifs is 6. The predicted molar refractivity (Wildman–Crippen MR) is 229 cm³/mol. The van der Waals surface area contributed by atoms with E-state index in [1.54, 1.807) is 0 Å². The highest BCUT2D eigenvalue weighted by molar-refractivity contribution is 6.10. The van der Waals surface area contributed by atoms with Crippen molar-refractivity contribution in [3.05, 3.63) is 194 Å². The normalized spacial score (nSPS) is 11.6. The lowest BCUT2D eigenvalue weighted by Gasteiger charge is -2.12. The van der Waals surface area contributed by atoms with Gasteiger partial charge in [-0.1, -0.05) is 158 Å². The van der Waals surface area contributed by atoms with Crippen molar-refractivity contribution in [1.82, 2.24) is 19.5 Å². The van der Waals surface area contributed by atoms with Gasteiger partial charge in [0.2, 0.25) is 5.95 Å². The molecule has 56 heavy (non-hydrogen) atoms. The SMILES string of the molecule is c1ccc(-c2ccc(-c3nc(-c4cccc(-c5ccccc5)c4)nc(-n4c5ccccc5c5ccc(-c6ccc7c(c6)oc6ccccc67)cc54)n3)cc2)cc1. The van der Waals surface area contributed by atoms with Crippen LogP contribution in [-0.2, 0) is 0 Å². The van der Waals surface area contributed by atoms with E-state index in [0.717, 1.165) is 88.3 Å². The summed E-state index contributed by atoms with van der Waals surface area (Å²) in [5.74, 6) is 1.76. The van der Waals surface area contributed by atoms with Gasteiger partial charge in [0.1, 0.15) is 11.2 Å². The molecule has 0 radical (unpaired) electrons. The van der Waals surface area contributed by atoms with Crippen molar-refractivity contribution < 1.29 is 4.42 Å². The zero-order chi connectivity index (χ0) is 37.0. The lowest BCUT2D eigenvalue weighted by Crippen LogP contribution is -2.06. The Morgan fingerprint density at radius 1 is 0.304 bits per heavy atom. The summed E-state index contributed by atoms with van der Waals surface area (Å²) in [6.45, 7) is 0. The third-order valence-electron chi connectivity index (χ3n) is 10.7. The van der Waals surface area contributed by atoms with Gasteiger partial charge in [0.05, 0.1) is 11.0 Å². The molecule has 11 rings (SSSR count). The second-order valence-corrected chi connectivity index (χ2v) is 14.1. The van der Waals surface area contributed by atoms with Crippen LogP contribution in [0.5, 0.6) is 0 Å². The van der Waals surface area contributed by atoms with Gasteiger partial charge in [0.15, 0.2) is 11.6 Å². The molecule has 0 amide bonds. The monoisotopic (exact) mass is 716 g/mol. The quantitative estimate of drug-likeness (QED) is 0.172. The van der Waals surface area contributed by atoms with E-state index < -0.39 is 0 Å². The van der Waals surface area contributed by atoms with E-state index >= 15 is 0 Å². The van der Waals surface area contributed by atoms with Gasteiger partial charge < -0.3 is 4.42 Å². The fourth-order valence-corrected chi connectivity index (χ4v) is 7.90. The zero-order valence-corrected chi connectivity index (χ0v) is 30.2. The Hall–Kier alpha value is -7.63. The second-order valence-electron chi connectivity index (χ2n) is 14.1. The largest absolute Gasteiger partial charge is 0.456 e. The minimum atomic E-state index is 0.554. The Morgan fingerprint density at radius 2 is 0.804 bits per heavy atom. The molecular formula is C51H32N4O. The fraction of sp³-hybridized carbons (Fsp3) is 0. The molecule has 262 valence electrons. The number of hydrogen-bond donors (Lipinski definition) is 0. The molecule has 3 aromatic heterocycles. The van der Waals surface area contributed by atoms with Crippen LogP contribution >= 0.6 is 0 Å². The number of aromatic nitrogens is 4. The topological polar surface area (TPSA) is 56.7 Å². The van der Waals surface area contributed by atoms with Crippen LogP contribution in [-0.4, -0.2) is 19.5 Å². The number of hydrogen-bond acceptors (Lipinski definition) is 4. The van der Waals surface area contributed by atoms with Crippen molar-refractivity contribution in [3.8, 4) is 62.1 Å². The highest BCUT2D eigenvalue weighted by Gasteiger charge is 2.19. The van der Waals surface area contributed by atoms with Crippen LogP contribution in [0.1, 0.15) is 0 Å². The summed E-state index contributed by atoms with van der Waals surface area (Å²) in [6.07, 6.45) is 0. The predicted octanol–water partition coefficient (Wildman–Crippen LogP) is 13.2. The lowest BCUT2D eigenvalue weighted by atomic mass is 10.0. The molecule has 11 aromatic rings. The highest BCUT2D eigenvalue weighted by atomic mass is 16.3. The van der Waals surface area contributed by atoms with Crippen LogP contribution in [0.2, 0.25) is 0 Å². The average molecular weight is 717 g/mol. The van der Waals surface area contributed by atoms with Gasteiger partial charge in [-0.15, -0.1) is 0 Å². The Labute approximate surface area is 322 Å². The van der Waals surface area contributed by atoms with Crippen LogP contribution in [0.4, 0.5) is 0 Å². The Morgan fingerprint density at radius 3 is 1.59 bits per heavy atom. The van der Waals surface area contributed by atoms with Gasteiger partial charge in [0, 0.05) is 32.7 Å². The Bertz CT molecular complexity index is 3240. The number of rotatable bonds is 6. The van der Waals surface area contributed by atoms with Crippen LogP contribution < -0.4 is 0 Å². The van der Waals surface area contributed by atoms with Crippen molar-refractivity contribution in [2.45, 2.75) is 0 Å². The molecule has 5 heteroatoms. The minimum absolute atomic E-state index is 0.554. The smallest absolute Gasteiger partial charge is 0.238 e. The highest BCUT2D eigenvalue weighted by Crippen LogP contribution is 2.37. The maximum atomic E-state index is 6.29. The summed E-state index contributed by atoms with van der Waals surface area (Å²) in [6, 6.07) is 67.5. The van der Waals surface area contributed by atoms with Crippen molar-refractivity contribution in [1.29, 1.82) is 0 Å². The summed E-state index contributed by atoms with van der Waals surface area (Å²) in [5, 5.41) is 4.48. The van der Waals surface area contributed by atoms with E-state index in [1.807, 2.05) is 24.3 Å². The van der Waals surface area contributed by atoms with Crippen LogP contribution in [0.25, 0.3) is 106 Å². The van der Waals surface area contributed by atoms with E-state index in [9.17, 15) is 0 Å². The third-order valence-corrected chi connectivity index (χ3v) is 10.7. The Kier molecular flexibility index (Phi) is 7.42.